The number of aliphatic carboxylic acids is 1. The average molecular weight is 279 g/mol. The van der Waals surface area contributed by atoms with Gasteiger partial charge in [0.05, 0.1) is 16.3 Å². The fourth-order valence-corrected chi connectivity index (χ4v) is 2.72. The van der Waals surface area contributed by atoms with Gasteiger partial charge >= 0.3 is 5.97 Å². The van der Waals surface area contributed by atoms with E-state index in [1.807, 2.05) is 12.1 Å². The van der Waals surface area contributed by atoms with Crippen LogP contribution in [-0.2, 0) is 4.79 Å². The van der Waals surface area contributed by atoms with Gasteiger partial charge in [0.1, 0.15) is 6.07 Å². The summed E-state index contributed by atoms with van der Waals surface area (Å²) in [6.07, 6.45) is 1.90. The first-order chi connectivity index (χ1) is 9.11. The molecule has 1 saturated heterocycles. The molecule has 0 unspecified atom stereocenters. The molecule has 4 nitrogen and oxygen atoms in total. The lowest BCUT2D eigenvalue weighted by molar-refractivity contribution is -0.138. The van der Waals surface area contributed by atoms with Crippen molar-refractivity contribution in [2.45, 2.75) is 19.3 Å². The van der Waals surface area contributed by atoms with E-state index < -0.39 is 5.97 Å². The second-order valence-corrected chi connectivity index (χ2v) is 5.18. The highest BCUT2D eigenvalue weighted by molar-refractivity contribution is 6.32. The van der Waals surface area contributed by atoms with Gasteiger partial charge < -0.3 is 10.0 Å². The Morgan fingerprint density at radius 1 is 1.47 bits per heavy atom. The lowest BCUT2D eigenvalue weighted by Crippen LogP contribution is -2.34. The largest absolute Gasteiger partial charge is 0.481 e. The molecule has 5 heteroatoms. The van der Waals surface area contributed by atoms with Crippen LogP contribution in [0.5, 0.6) is 0 Å². The summed E-state index contributed by atoms with van der Waals surface area (Å²) >= 11 is 6.02. The third-order valence-electron chi connectivity index (χ3n) is 3.52. The lowest BCUT2D eigenvalue weighted by atomic mass is 9.93. The summed E-state index contributed by atoms with van der Waals surface area (Å²) in [6, 6.07) is 7.57. The molecule has 0 radical (unpaired) electrons. The highest BCUT2D eigenvalue weighted by Gasteiger charge is 2.23. The fraction of sp³-hybridized carbons (Fsp3) is 0.429. The van der Waals surface area contributed by atoms with Gasteiger partial charge in [0, 0.05) is 19.5 Å². The zero-order valence-electron chi connectivity index (χ0n) is 10.5. The molecule has 0 aliphatic carbocycles. The summed E-state index contributed by atoms with van der Waals surface area (Å²) in [5, 5.41) is 18.4. The van der Waals surface area contributed by atoms with Crippen LogP contribution in [0, 0.1) is 17.2 Å². The summed E-state index contributed by atoms with van der Waals surface area (Å²) in [7, 11) is 0. The van der Waals surface area contributed by atoms with Crippen LogP contribution in [0.1, 0.15) is 24.8 Å². The van der Waals surface area contributed by atoms with Gasteiger partial charge in [0.25, 0.3) is 0 Å². The number of rotatable bonds is 3. The lowest BCUT2D eigenvalue weighted by Gasteiger charge is -2.33. The monoisotopic (exact) mass is 278 g/mol. The number of nitriles is 1. The molecule has 0 saturated carbocycles. The van der Waals surface area contributed by atoms with E-state index in [0.717, 1.165) is 31.6 Å². The topological polar surface area (TPSA) is 64.3 Å². The van der Waals surface area contributed by atoms with Crippen LogP contribution in [0.2, 0.25) is 5.02 Å². The van der Waals surface area contributed by atoms with Crippen molar-refractivity contribution in [2.24, 2.45) is 5.92 Å². The fourth-order valence-electron chi connectivity index (χ4n) is 2.51. The van der Waals surface area contributed by atoms with E-state index in [4.69, 9.17) is 22.0 Å². The Morgan fingerprint density at radius 2 is 2.16 bits per heavy atom. The molecular formula is C14H15ClN2O2. The maximum absolute atomic E-state index is 10.7. The quantitative estimate of drug-likeness (QED) is 0.923. The Bertz CT molecular complexity index is 517. The standard InChI is InChI=1S/C14H15ClN2O2/c15-12-2-1-3-13(11(12)9-16)17-6-4-10(5-7-17)8-14(18)19/h1-3,10H,4-8H2,(H,18,19). The van der Waals surface area contributed by atoms with Crippen LogP contribution < -0.4 is 4.90 Å². The molecule has 1 fully saturated rings. The molecular weight excluding hydrogens is 264 g/mol. The minimum absolute atomic E-state index is 0.231. The first-order valence-corrected chi connectivity index (χ1v) is 6.65. The number of hydrogen-bond donors (Lipinski definition) is 1. The number of carbonyl (C=O) groups is 1. The molecule has 0 aromatic heterocycles. The van der Waals surface area contributed by atoms with Gasteiger partial charge in [-0.3, -0.25) is 4.79 Å². The molecule has 0 atom stereocenters. The molecule has 1 aliphatic rings. The van der Waals surface area contributed by atoms with Crippen molar-refractivity contribution in [2.75, 3.05) is 18.0 Å². The molecule has 1 aliphatic heterocycles. The molecule has 0 amide bonds. The number of carboxylic acids is 1. The van der Waals surface area contributed by atoms with E-state index >= 15 is 0 Å². The van der Waals surface area contributed by atoms with Crippen molar-refractivity contribution in [1.29, 1.82) is 5.26 Å². The molecule has 0 bridgehead atoms. The highest BCUT2D eigenvalue weighted by atomic mass is 35.5. The molecule has 1 heterocycles. The molecule has 19 heavy (non-hydrogen) atoms. The molecule has 100 valence electrons. The smallest absolute Gasteiger partial charge is 0.303 e. The maximum atomic E-state index is 10.7. The third kappa shape index (κ3) is 3.18. The zero-order valence-corrected chi connectivity index (χ0v) is 11.2. The van der Waals surface area contributed by atoms with E-state index in [0.29, 0.717) is 10.6 Å². The van der Waals surface area contributed by atoms with Crippen LogP contribution in [0.3, 0.4) is 0 Å². The van der Waals surface area contributed by atoms with Gasteiger partial charge in [-0.15, -0.1) is 0 Å². The number of anilines is 1. The number of nitrogens with zero attached hydrogens (tertiary/aromatic N) is 2. The number of hydrogen-bond acceptors (Lipinski definition) is 3. The SMILES string of the molecule is N#Cc1c(Cl)cccc1N1CCC(CC(=O)O)CC1. The van der Waals surface area contributed by atoms with Gasteiger partial charge in [0.2, 0.25) is 0 Å². The molecule has 0 spiro atoms. The highest BCUT2D eigenvalue weighted by Crippen LogP contribution is 2.30. The Balaban J connectivity index is 2.08. The Kier molecular flexibility index (Phi) is 4.28. The summed E-state index contributed by atoms with van der Waals surface area (Å²) in [6.45, 7) is 1.54. The van der Waals surface area contributed by atoms with Crippen molar-refractivity contribution in [3.8, 4) is 6.07 Å². The minimum atomic E-state index is -0.737. The Hall–Kier alpha value is -1.73. The van der Waals surface area contributed by atoms with Crippen LogP contribution in [0.4, 0.5) is 5.69 Å². The van der Waals surface area contributed by atoms with Gasteiger partial charge in [-0.05, 0) is 30.9 Å². The Labute approximate surface area is 117 Å². The summed E-state index contributed by atoms with van der Waals surface area (Å²) in [5.41, 5.74) is 1.35. The first kappa shape index (κ1) is 13.7. The van der Waals surface area contributed by atoms with E-state index in [1.54, 1.807) is 6.07 Å². The molecule has 1 N–H and O–H groups in total. The van der Waals surface area contributed by atoms with Gasteiger partial charge in [-0.2, -0.15) is 5.26 Å². The molecule has 1 aromatic rings. The minimum Gasteiger partial charge on any atom is -0.481 e. The predicted octanol–water partition coefficient (Wildman–Crippen LogP) is 2.90. The Morgan fingerprint density at radius 3 is 2.74 bits per heavy atom. The average Bonchev–Trinajstić information content (AvgIpc) is 2.38. The first-order valence-electron chi connectivity index (χ1n) is 6.27. The zero-order chi connectivity index (χ0) is 13.8. The van der Waals surface area contributed by atoms with Crippen LogP contribution in [0.25, 0.3) is 0 Å². The molecule has 2 rings (SSSR count). The van der Waals surface area contributed by atoms with Gasteiger partial charge in [0.15, 0.2) is 0 Å². The van der Waals surface area contributed by atoms with Crippen molar-refractivity contribution < 1.29 is 9.90 Å². The third-order valence-corrected chi connectivity index (χ3v) is 3.84. The summed E-state index contributed by atoms with van der Waals surface area (Å²) < 4.78 is 0. The number of piperidine rings is 1. The van der Waals surface area contributed by atoms with Crippen molar-refractivity contribution >= 4 is 23.3 Å². The van der Waals surface area contributed by atoms with E-state index in [9.17, 15) is 4.79 Å². The predicted molar refractivity (Wildman–Crippen MR) is 73.4 cm³/mol. The summed E-state index contributed by atoms with van der Waals surface area (Å²) in [4.78, 5) is 12.8. The van der Waals surface area contributed by atoms with Gasteiger partial charge in [-0.25, -0.2) is 0 Å². The number of benzene rings is 1. The van der Waals surface area contributed by atoms with Crippen molar-refractivity contribution in [3.63, 3.8) is 0 Å². The maximum Gasteiger partial charge on any atom is 0.303 e. The van der Waals surface area contributed by atoms with Crippen LogP contribution in [-0.4, -0.2) is 24.2 Å². The van der Waals surface area contributed by atoms with E-state index in [2.05, 4.69) is 11.0 Å². The number of carboxylic acid groups (broad SMARTS) is 1. The summed E-state index contributed by atoms with van der Waals surface area (Å²) in [5.74, 6) is -0.502. The van der Waals surface area contributed by atoms with E-state index in [1.165, 1.54) is 0 Å². The van der Waals surface area contributed by atoms with Crippen molar-refractivity contribution in [1.82, 2.24) is 0 Å². The van der Waals surface area contributed by atoms with Gasteiger partial charge in [-0.1, -0.05) is 17.7 Å². The second kappa shape index (κ2) is 5.94. The second-order valence-electron chi connectivity index (χ2n) is 4.77. The van der Waals surface area contributed by atoms with Crippen molar-refractivity contribution in [3.05, 3.63) is 28.8 Å². The normalized spacial score (nSPS) is 16.1. The number of halogens is 1. The van der Waals surface area contributed by atoms with Crippen LogP contribution >= 0.6 is 11.6 Å². The van der Waals surface area contributed by atoms with E-state index in [-0.39, 0.29) is 12.3 Å². The molecule has 1 aromatic carbocycles. The van der Waals surface area contributed by atoms with Crippen LogP contribution in [0.15, 0.2) is 18.2 Å².